The number of hydrogen-bond donors (Lipinski definition) is 1. The van der Waals surface area contributed by atoms with Crippen molar-refractivity contribution in [3.8, 4) is 0 Å². The highest BCUT2D eigenvalue weighted by molar-refractivity contribution is 6.30. The van der Waals surface area contributed by atoms with Crippen molar-refractivity contribution < 1.29 is 4.74 Å². The molecule has 1 saturated heterocycles. The molecule has 3 atom stereocenters. The van der Waals surface area contributed by atoms with E-state index in [4.69, 9.17) is 16.3 Å². The van der Waals surface area contributed by atoms with E-state index in [1.54, 1.807) is 0 Å². The smallest absolute Gasteiger partial charge is 0.0590 e. The zero-order valence-electron chi connectivity index (χ0n) is 11.9. The van der Waals surface area contributed by atoms with E-state index in [-0.39, 0.29) is 0 Å². The number of rotatable bonds is 6. The molecule has 0 radical (unpaired) electrons. The Kier molecular flexibility index (Phi) is 5.68. The molecule has 2 rings (SSSR count). The molecule has 1 heterocycles. The van der Waals surface area contributed by atoms with Gasteiger partial charge in [-0.1, -0.05) is 30.7 Å². The maximum Gasteiger partial charge on any atom is 0.0590 e. The first-order valence-electron chi connectivity index (χ1n) is 7.30. The maximum atomic E-state index is 6.08. The zero-order valence-corrected chi connectivity index (χ0v) is 12.6. The Balaban J connectivity index is 2.04. The van der Waals surface area contributed by atoms with Gasteiger partial charge in [0.15, 0.2) is 0 Å². The lowest BCUT2D eigenvalue weighted by Gasteiger charge is -2.27. The van der Waals surface area contributed by atoms with Gasteiger partial charge in [0.2, 0.25) is 0 Å². The molecule has 0 aliphatic carbocycles. The van der Waals surface area contributed by atoms with E-state index in [1.165, 1.54) is 5.56 Å². The molecule has 3 unspecified atom stereocenters. The van der Waals surface area contributed by atoms with Crippen molar-refractivity contribution in [2.24, 2.45) is 5.92 Å². The van der Waals surface area contributed by atoms with E-state index in [9.17, 15) is 0 Å². The topological polar surface area (TPSA) is 21.3 Å². The quantitative estimate of drug-likeness (QED) is 0.859. The SMILES string of the molecule is CCCNC(Cc1cccc(Cl)c1)C1CCOC1C. The highest BCUT2D eigenvalue weighted by Crippen LogP contribution is 2.26. The summed E-state index contributed by atoms with van der Waals surface area (Å²) in [5, 5.41) is 4.51. The second-order valence-corrected chi connectivity index (χ2v) is 5.86. The summed E-state index contributed by atoms with van der Waals surface area (Å²) in [6.45, 7) is 6.36. The second-order valence-electron chi connectivity index (χ2n) is 5.42. The highest BCUT2D eigenvalue weighted by Gasteiger charge is 2.31. The lowest BCUT2D eigenvalue weighted by molar-refractivity contribution is 0.0954. The minimum atomic E-state index is 0.355. The molecule has 1 aromatic carbocycles. The lowest BCUT2D eigenvalue weighted by atomic mass is 9.89. The minimum Gasteiger partial charge on any atom is -0.378 e. The van der Waals surface area contributed by atoms with Crippen LogP contribution in [0.1, 0.15) is 32.3 Å². The molecule has 19 heavy (non-hydrogen) atoms. The van der Waals surface area contributed by atoms with Crippen molar-refractivity contribution in [1.82, 2.24) is 5.32 Å². The van der Waals surface area contributed by atoms with E-state index >= 15 is 0 Å². The first-order chi connectivity index (χ1) is 9.20. The van der Waals surface area contributed by atoms with Crippen LogP contribution in [0.25, 0.3) is 0 Å². The van der Waals surface area contributed by atoms with Crippen LogP contribution in [0.2, 0.25) is 5.02 Å². The second kappa shape index (κ2) is 7.28. The van der Waals surface area contributed by atoms with Gasteiger partial charge in [-0.15, -0.1) is 0 Å². The highest BCUT2D eigenvalue weighted by atomic mass is 35.5. The lowest BCUT2D eigenvalue weighted by Crippen LogP contribution is -2.41. The number of ether oxygens (including phenoxy) is 1. The molecule has 2 nitrogen and oxygen atoms in total. The Hall–Kier alpha value is -0.570. The van der Waals surface area contributed by atoms with Crippen LogP contribution in [0.3, 0.4) is 0 Å². The van der Waals surface area contributed by atoms with Gasteiger partial charge < -0.3 is 10.1 Å². The predicted molar refractivity (Wildman–Crippen MR) is 80.8 cm³/mol. The van der Waals surface area contributed by atoms with Crippen LogP contribution >= 0.6 is 11.6 Å². The van der Waals surface area contributed by atoms with Crippen LogP contribution in [0.15, 0.2) is 24.3 Å². The monoisotopic (exact) mass is 281 g/mol. The fraction of sp³-hybridized carbons (Fsp3) is 0.625. The molecular formula is C16H24ClNO. The molecule has 106 valence electrons. The van der Waals surface area contributed by atoms with Gasteiger partial charge in [-0.3, -0.25) is 0 Å². The number of benzene rings is 1. The van der Waals surface area contributed by atoms with Crippen molar-refractivity contribution in [3.05, 3.63) is 34.9 Å². The largest absolute Gasteiger partial charge is 0.378 e. The van der Waals surface area contributed by atoms with Gasteiger partial charge in [-0.2, -0.15) is 0 Å². The van der Waals surface area contributed by atoms with Crippen molar-refractivity contribution in [2.75, 3.05) is 13.2 Å². The Morgan fingerprint density at radius 2 is 2.32 bits per heavy atom. The number of nitrogens with one attached hydrogen (secondary N) is 1. The van der Waals surface area contributed by atoms with E-state index < -0.39 is 0 Å². The minimum absolute atomic E-state index is 0.355. The standard InChI is InChI=1S/C16H24ClNO/c1-3-8-18-16(15-7-9-19-12(15)2)11-13-5-4-6-14(17)10-13/h4-6,10,12,15-16,18H,3,7-9,11H2,1-2H3. The van der Waals surface area contributed by atoms with Crippen molar-refractivity contribution in [1.29, 1.82) is 0 Å². The Morgan fingerprint density at radius 1 is 1.47 bits per heavy atom. The molecule has 3 heteroatoms. The van der Waals surface area contributed by atoms with Crippen LogP contribution in [0.4, 0.5) is 0 Å². The Labute approximate surface area is 121 Å². The first kappa shape index (κ1) is 14.8. The summed E-state index contributed by atoms with van der Waals surface area (Å²) in [5.74, 6) is 0.602. The molecule has 0 aromatic heterocycles. The molecule has 1 N–H and O–H groups in total. The Morgan fingerprint density at radius 3 is 2.95 bits per heavy atom. The van der Waals surface area contributed by atoms with Crippen LogP contribution in [-0.2, 0) is 11.2 Å². The number of halogens is 1. The van der Waals surface area contributed by atoms with E-state index in [0.29, 0.717) is 18.1 Å². The zero-order chi connectivity index (χ0) is 13.7. The van der Waals surface area contributed by atoms with Gasteiger partial charge in [-0.25, -0.2) is 0 Å². The Bertz CT molecular complexity index is 396. The summed E-state index contributed by atoms with van der Waals surface area (Å²) >= 11 is 6.08. The molecule has 0 saturated carbocycles. The average molecular weight is 282 g/mol. The third-order valence-corrected chi connectivity index (χ3v) is 4.19. The molecule has 1 fully saturated rings. The van der Waals surface area contributed by atoms with Crippen molar-refractivity contribution in [3.63, 3.8) is 0 Å². The van der Waals surface area contributed by atoms with Crippen LogP contribution in [0, 0.1) is 5.92 Å². The summed E-state index contributed by atoms with van der Waals surface area (Å²) in [5.41, 5.74) is 1.31. The van der Waals surface area contributed by atoms with E-state index in [0.717, 1.165) is 37.4 Å². The van der Waals surface area contributed by atoms with Gasteiger partial charge in [0.05, 0.1) is 6.10 Å². The summed E-state index contributed by atoms with van der Waals surface area (Å²) in [6, 6.07) is 8.68. The van der Waals surface area contributed by atoms with Gasteiger partial charge in [0, 0.05) is 23.6 Å². The van der Waals surface area contributed by atoms with E-state index in [1.807, 2.05) is 12.1 Å². The average Bonchev–Trinajstić information content (AvgIpc) is 2.81. The van der Waals surface area contributed by atoms with Crippen LogP contribution in [-0.4, -0.2) is 25.3 Å². The summed E-state index contributed by atoms with van der Waals surface area (Å²) in [7, 11) is 0. The first-order valence-corrected chi connectivity index (χ1v) is 7.68. The van der Waals surface area contributed by atoms with Gasteiger partial charge in [0.1, 0.15) is 0 Å². The summed E-state index contributed by atoms with van der Waals surface area (Å²) in [6.07, 6.45) is 3.70. The van der Waals surface area contributed by atoms with Gasteiger partial charge in [0.25, 0.3) is 0 Å². The summed E-state index contributed by atoms with van der Waals surface area (Å²) in [4.78, 5) is 0. The fourth-order valence-corrected chi connectivity index (χ4v) is 3.11. The molecule has 0 spiro atoms. The number of hydrogen-bond acceptors (Lipinski definition) is 2. The molecule has 1 aliphatic rings. The van der Waals surface area contributed by atoms with Crippen LogP contribution in [0.5, 0.6) is 0 Å². The normalized spacial score (nSPS) is 24.6. The molecule has 1 aliphatic heterocycles. The van der Waals surface area contributed by atoms with Crippen molar-refractivity contribution in [2.45, 2.75) is 45.3 Å². The molecular weight excluding hydrogens is 258 g/mol. The van der Waals surface area contributed by atoms with Crippen molar-refractivity contribution >= 4 is 11.6 Å². The predicted octanol–water partition coefficient (Wildman–Crippen LogP) is 3.68. The summed E-state index contributed by atoms with van der Waals surface area (Å²) < 4.78 is 5.72. The third kappa shape index (κ3) is 4.20. The van der Waals surface area contributed by atoms with Gasteiger partial charge in [-0.05, 0) is 50.4 Å². The molecule has 1 aromatic rings. The van der Waals surface area contributed by atoms with Gasteiger partial charge >= 0.3 is 0 Å². The van der Waals surface area contributed by atoms with E-state index in [2.05, 4.69) is 31.3 Å². The molecule has 0 amide bonds. The molecule has 0 bridgehead atoms. The maximum absolute atomic E-state index is 6.08. The van der Waals surface area contributed by atoms with Crippen LogP contribution < -0.4 is 5.32 Å². The fourth-order valence-electron chi connectivity index (χ4n) is 2.90. The third-order valence-electron chi connectivity index (χ3n) is 3.95.